The normalized spacial score (nSPS) is 11.6. The highest BCUT2D eigenvalue weighted by Crippen LogP contribution is 2.20. The Hall–Kier alpha value is -1.02. The standard InChI is InChI=1S/C15H25NO/c1-6-15(3,4)11-16-10-13-7-8-14(17-5)12(2)9-13/h7-9,16H,6,10-11H2,1-5H3. The van der Waals surface area contributed by atoms with Crippen LogP contribution in [0.25, 0.3) is 0 Å². The Kier molecular flexibility index (Phi) is 5.01. The molecule has 96 valence electrons. The molecule has 0 saturated carbocycles. The largest absolute Gasteiger partial charge is 0.496 e. The monoisotopic (exact) mass is 235 g/mol. The van der Waals surface area contributed by atoms with Gasteiger partial charge in [-0.05, 0) is 36.0 Å². The fraction of sp³-hybridized carbons (Fsp3) is 0.600. The maximum absolute atomic E-state index is 5.26. The van der Waals surface area contributed by atoms with Crippen LogP contribution >= 0.6 is 0 Å². The smallest absolute Gasteiger partial charge is 0.121 e. The minimum Gasteiger partial charge on any atom is -0.496 e. The maximum atomic E-state index is 5.26. The van der Waals surface area contributed by atoms with E-state index in [-0.39, 0.29) is 0 Å². The van der Waals surface area contributed by atoms with E-state index in [0.29, 0.717) is 5.41 Å². The van der Waals surface area contributed by atoms with Crippen molar-refractivity contribution < 1.29 is 4.74 Å². The lowest BCUT2D eigenvalue weighted by Crippen LogP contribution is -2.28. The zero-order valence-corrected chi connectivity index (χ0v) is 11.8. The average Bonchev–Trinajstić information content (AvgIpc) is 2.29. The van der Waals surface area contributed by atoms with Crippen LogP contribution < -0.4 is 10.1 Å². The van der Waals surface area contributed by atoms with E-state index in [2.05, 4.69) is 45.1 Å². The van der Waals surface area contributed by atoms with Gasteiger partial charge < -0.3 is 10.1 Å². The van der Waals surface area contributed by atoms with Gasteiger partial charge in [-0.2, -0.15) is 0 Å². The van der Waals surface area contributed by atoms with Gasteiger partial charge in [0.1, 0.15) is 5.75 Å². The van der Waals surface area contributed by atoms with Crippen LogP contribution in [0, 0.1) is 12.3 Å². The molecule has 2 heteroatoms. The van der Waals surface area contributed by atoms with Crippen molar-refractivity contribution in [3.8, 4) is 5.75 Å². The summed E-state index contributed by atoms with van der Waals surface area (Å²) in [6.07, 6.45) is 1.20. The number of rotatable bonds is 6. The lowest BCUT2D eigenvalue weighted by molar-refractivity contribution is 0.327. The molecular weight excluding hydrogens is 210 g/mol. The summed E-state index contributed by atoms with van der Waals surface area (Å²) < 4.78 is 5.26. The third-order valence-electron chi connectivity index (χ3n) is 3.35. The van der Waals surface area contributed by atoms with Crippen LogP contribution in [0.3, 0.4) is 0 Å². The summed E-state index contributed by atoms with van der Waals surface area (Å²) in [6, 6.07) is 6.35. The Morgan fingerprint density at radius 1 is 1.29 bits per heavy atom. The van der Waals surface area contributed by atoms with Gasteiger partial charge in [0.2, 0.25) is 0 Å². The Balaban J connectivity index is 2.50. The molecule has 1 aromatic carbocycles. The van der Waals surface area contributed by atoms with Crippen molar-refractivity contribution in [1.82, 2.24) is 5.32 Å². The van der Waals surface area contributed by atoms with Crippen LogP contribution in [0.1, 0.15) is 38.3 Å². The minimum atomic E-state index is 0.377. The van der Waals surface area contributed by atoms with E-state index in [4.69, 9.17) is 4.74 Å². The Morgan fingerprint density at radius 3 is 2.53 bits per heavy atom. The molecule has 2 nitrogen and oxygen atoms in total. The highest BCUT2D eigenvalue weighted by molar-refractivity contribution is 5.36. The van der Waals surface area contributed by atoms with Crippen molar-refractivity contribution >= 4 is 0 Å². The molecule has 0 aliphatic carbocycles. The lowest BCUT2D eigenvalue weighted by Gasteiger charge is -2.23. The van der Waals surface area contributed by atoms with Crippen LogP contribution in [0.2, 0.25) is 0 Å². The second kappa shape index (κ2) is 6.06. The van der Waals surface area contributed by atoms with Gasteiger partial charge in [-0.3, -0.25) is 0 Å². The third-order valence-corrected chi connectivity index (χ3v) is 3.35. The van der Waals surface area contributed by atoms with Gasteiger partial charge in [-0.15, -0.1) is 0 Å². The van der Waals surface area contributed by atoms with Crippen molar-refractivity contribution in [3.05, 3.63) is 29.3 Å². The molecule has 0 radical (unpaired) electrons. The molecule has 17 heavy (non-hydrogen) atoms. The molecule has 1 aromatic rings. The number of nitrogens with one attached hydrogen (secondary N) is 1. The number of hydrogen-bond donors (Lipinski definition) is 1. The van der Waals surface area contributed by atoms with E-state index in [0.717, 1.165) is 18.8 Å². The molecule has 0 atom stereocenters. The van der Waals surface area contributed by atoms with E-state index in [1.54, 1.807) is 7.11 Å². The van der Waals surface area contributed by atoms with Gasteiger partial charge in [0.25, 0.3) is 0 Å². The summed E-state index contributed by atoms with van der Waals surface area (Å²) in [5.41, 5.74) is 2.89. The van der Waals surface area contributed by atoms with Crippen LogP contribution in [-0.4, -0.2) is 13.7 Å². The summed E-state index contributed by atoms with van der Waals surface area (Å²) in [5, 5.41) is 3.52. The van der Waals surface area contributed by atoms with Crippen LogP contribution in [-0.2, 0) is 6.54 Å². The molecule has 1 rings (SSSR count). The molecule has 0 unspecified atom stereocenters. The quantitative estimate of drug-likeness (QED) is 0.814. The van der Waals surface area contributed by atoms with Gasteiger partial charge in [-0.1, -0.05) is 32.9 Å². The zero-order chi connectivity index (χ0) is 12.9. The topological polar surface area (TPSA) is 21.3 Å². The lowest BCUT2D eigenvalue weighted by atomic mass is 9.90. The number of methoxy groups -OCH3 is 1. The number of hydrogen-bond acceptors (Lipinski definition) is 2. The Bertz CT molecular complexity index is 358. The predicted octanol–water partition coefficient (Wildman–Crippen LogP) is 3.53. The van der Waals surface area contributed by atoms with E-state index in [1.165, 1.54) is 17.5 Å². The molecule has 1 N–H and O–H groups in total. The van der Waals surface area contributed by atoms with Gasteiger partial charge >= 0.3 is 0 Å². The molecule has 0 aliphatic rings. The highest BCUT2D eigenvalue weighted by atomic mass is 16.5. The minimum absolute atomic E-state index is 0.377. The molecular formula is C15H25NO. The Morgan fingerprint density at radius 2 is 2.00 bits per heavy atom. The number of ether oxygens (including phenoxy) is 1. The molecule has 0 fully saturated rings. The first-order valence-corrected chi connectivity index (χ1v) is 6.33. The van der Waals surface area contributed by atoms with Gasteiger partial charge in [0.15, 0.2) is 0 Å². The third kappa shape index (κ3) is 4.39. The van der Waals surface area contributed by atoms with Crippen LogP contribution in [0.15, 0.2) is 18.2 Å². The molecule has 0 amide bonds. The van der Waals surface area contributed by atoms with Crippen molar-refractivity contribution in [2.24, 2.45) is 5.41 Å². The van der Waals surface area contributed by atoms with E-state index < -0.39 is 0 Å². The average molecular weight is 235 g/mol. The first kappa shape index (κ1) is 14.0. The summed E-state index contributed by atoms with van der Waals surface area (Å²) in [7, 11) is 1.71. The molecule has 0 heterocycles. The summed E-state index contributed by atoms with van der Waals surface area (Å²) in [4.78, 5) is 0. The second-order valence-corrected chi connectivity index (χ2v) is 5.43. The van der Waals surface area contributed by atoms with Crippen molar-refractivity contribution in [1.29, 1.82) is 0 Å². The highest BCUT2D eigenvalue weighted by Gasteiger charge is 2.13. The molecule has 0 spiro atoms. The van der Waals surface area contributed by atoms with Crippen molar-refractivity contribution in [2.75, 3.05) is 13.7 Å². The van der Waals surface area contributed by atoms with Gasteiger partial charge in [0.05, 0.1) is 7.11 Å². The number of aryl methyl sites for hydroxylation is 1. The first-order chi connectivity index (χ1) is 7.98. The SMILES string of the molecule is CCC(C)(C)CNCc1ccc(OC)c(C)c1. The predicted molar refractivity (Wildman–Crippen MR) is 73.5 cm³/mol. The van der Waals surface area contributed by atoms with E-state index in [1.807, 2.05) is 6.07 Å². The van der Waals surface area contributed by atoms with Crippen molar-refractivity contribution in [2.45, 2.75) is 40.7 Å². The summed E-state index contributed by atoms with van der Waals surface area (Å²) in [5.74, 6) is 0.961. The summed E-state index contributed by atoms with van der Waals surface area (Å²) in [6.45, 7) is 10.9. The first-order valence-electron chi connectivity index (χ1n) is 6.33. The van der Waals surface area contributed by atoms with Crippen molar-refractivity contribution in [3.63, 3.8) is 0 Å². The number of benzene rings is 1. The maximum Gasteiger partial charge on any atom is 0.121 e. The van der Waals surface area contributed by atoms with E-state index >= 15 is 0 Å². The second-order valence-electron chi connectivity index (χ2n) is 5.43. The van der Waals surface area contributed by atoms with Gasteiger partial charge in [-0.25, -0.2) is 0 Å². The Labute approximate surface area is 105 Å². The van der Waals surface area contributed by atoms with Gasteiger partial charge in [0, 0.05) is 13.1 Å². The molecule has 0 aromatic heterocycles. The fourth-order valence-electron chi connectivity index (χ4n) is 1.72. The molecule has 0 bridgehead atoms. The van der Waals surface area contributed by atoms with Crippen LogP contribution in [0.4, 0.5) is 0 Å². The van der Waals surface area contributed by atoms with E-state index in [9.17, 15) is 0 Å². The van der Waals surface area contributed by atoms with Crippen LogP contribution in [0.5, 0.6) is 5.75 Å². The zero-order valence-electron chi connectivity index (χ0n) is 11.8. The molecule has 0 saturated heterocycles. The molecule has 0 aliphatic heterocycles. The fourth-order valence-corrected chi connectivity index (χ4v) is 1.72. The summed E-state index contributed by atoms with van der Waals surface area (Å²) >= 11 is 0.